The Labute approximate surface area is 253 Å². The predicted molar refractivity (Wildman–Crippen MR) is 155 cm³/mol. The van der Waals surface area contributed by atoms with Crippen LogP contribution in [0.3, 0.4) is 0 Å². The Balaban J connectivity index is 1.38. The van der Waals surface area contributed by atoms with Crippen molar-refractivity contribution in [3.63, 3.8) is 0 Å². The van der Waals surface area contributed by atoms with Crippen LogP contribution in [0.5, 0.6) is 0 Å². The van der Waals surface area contributed by atoms with Crippen LogP contribution < -0.4 is 21.3 Å². The molecule has 1 saturated carbocycles. The summed E-state index contributed by atoms with van der Waals surface area (Å²) < 4.78 is 43.4. The van der Waals surface area contributed by atoms with Crippen LogP contribution in [-0.2, 0) is 29.5 Å². The predicted octanol–water partition coefficient (Wildman–Crippen LogP) is 2.91. The number of fused-ring (bicyclic) bond motifs is 1. The van der Waals surface area contributed by atoms with E-state index in [1.807, 2.05) is 0 Å². The Bertz CT molecular complexity index is 1450. The number of halogens is 3. The number of carbonyl (C=O) groups is 4. The number of amides is 5. The Hall–Kier alpha value is -4.10. The SMILES string of the molecule is CNC(=O)C1(N2CC(C)(C(F)(F)F)CNC2=O)Cc2ccc(NC(=O)[C@@H](NC(=O)c3ccnn3C)C3CCCCC3)cc2C1. The maximum atomic E-state index is 14.0. The molecule has 0 bridgehead atoms. The Morgan fingerprint density at radius 1 is 1.09 bits per heavy atom. The van der Waals surface area contributed by atoms with E-state index in [9.17, 15) is 32.3 Å². The molecule has 11 nitrogen and oxygen atoms in total. The van der Waals surface area contributed by atoms with Crippen LogP contribution in [0.25, 0.3) is 0 Å². The normalized spacial score (nSPS) is 24.7. The first-order valence-corrected chi connectivity index (χ1v) is 14.8. The lowest BCUT2D eigenvalue weighted by atomic mass is 9.83. The van der Waals surface area contributed by atoms with E-state index in [-0.39, 0.29) is 24.7 Å². The molecule has 2 aliphatic carbocycles. The highest BCUT2D eigenvalue weighted by atomic mass is 19.4. The summed E-state index contributed by atoms with van der Waals surface area (Å²) in [6.45, 7) is -0.229. The number of nitrogens with zero attached hydrogens (tertiary/aromatic N) is 3. The van der Waals surface area contributed by atoms with Crippen molar-refractivity contribution in [1.82, 2.24) is 30.6 Å². The molecule has 3 atom stereocenters. The molecular formula is C30H38F3N7O4. The van der Waals surface area contributed by atoms with Gasteiger partial charge >= 0.3 is 12.2 Å². The average Bonchev–Trinajstić information content (AvgIpc) is 3.60. The number of urea groups is 1. The fourth-order valence-electron chi connectivity index (χ4n) is 6.72. The molecule has 1 aliphatic heterocycles. The second-order valence-electron chi connectivity index (χ2n) is 12.4. The minimum absolute atomic E-state index is 0.0169. The molecule has 0 radical (unpaired) electrons. The smallest absolute Gasteiger partial charge is 0.357 e. The lowest BCUT2D eigenvalue weighted by Gasteiger charge is -2.48. The van der Waals surface area contributed by atoms with Gasteiger partial charge in [-0.15, -0.1) is 0 Å². The number of hydrogen-bond acceptors (Lipinski definition) is 5. The molecule has 2 heterocycles. The third-order valence-electron chi connectivity index (χ3n) is 9.42. The van der Waals surface area contributed by atoms with Gasteiger partial charge in [-0.2, -0.15) is 18.3 Å². The molecule has 5 rings (SSSR count). The van der Waals surface area contributed by atoms with Crippen molar-refractivity contribution in [2.24, 2.45) is 18.4 Å². The number of nitrogens with one attached hydrogen (secondary N) is 4. The number of benzene rings is 1. The first kappa shape index (κ1) is 31.3. The third kappa shape index (κ3) is 5.73. The number of alkyl halides is 3. The van der Waals surface area contributed by atoms with E-state index < -0.39 is 54.1 Å². The maximum absolute atomic E-state index is 14.0. The molecule has 3 aliphatic rings. The van der Waals surface area contributed by atoms with Crippen LogP contribution in [0.15, 0.2) is 30.5 Å². The van der Waals surface area contributed by atoms with Gasteiger partial charge in [-0.1, -0.05) is 25.3 Å². The molecule has 2 unspecified atom stereocenters. The van der Waals surface area contributed by atoms with Gasteiger partial charge in [-0.25, -0.2) is 4.79 Å². The molecule has 2 aromatic rings. The van der Waals surface area contributed by atoms with Crippen molar-refractivity contribution < 1.29 is 32.3 Å². The van der Waals surface area contributed by atoms with Gasteiger partial charge in [0.05, 0.1) is 5.41 Å². The van der Waals surface area contributed by atoms with Crippen LogP contribution in [0, 0.1) is 11.3 Å². The number of rotatable bonds is 7. The summed E-state index contributed by atoms with van der Waals surface area (Å²) in [6.07, 6.45) is 1.43. The van der Waals surface area contributed by atoms with E-state index in [4.69, 9.17) is 0 Å². The quantitative estimate of drug-likeness (QED) is 0.379. The lowest BCUT2D eigenvalue weighted by molar-refractivity contribution is -0.226. The van der Waals surface area contributed by atoms with Crippen molar-refractivity contribution in [2.75, 3.05) is 25.5 Å². The molecule has 2 fully saturated rings. The van der Waals surface area contributed by atoms with Crippen molar-refractivity contribution in [1.29, 1.82) is 0 Å². The number of aromatic nitrogens is 2. The van der Waals surface area contributed by atoms with Crippen LogP contribution in [0.1, 0.15) is 60.6 Å². The minimum Gasteiger partial charge on any atom is -0.357 e. The van der Waals surface area contributed by atoms with Crippen LogP contribution in [0.2, 0.25) is 0 Å². The number of hydrogen-bond donors (Lipinski definition) is 4. The number of likely N-dealkylation sites (N-methyl/N-ethyl adjacent to an activating group) is 1. The van der Waals surface area contributed by atoms with Gasteiger partial charge in [-0.05, 0) is 55.0 Å². The molecule has 44 heavy (non-hydrogen) atoms. The van der Waals surface area contributed by atoms with Gasteiger partial charge in [0.25, 0.3) is 5.91 Å². The van der Waals surface area contributed by atoms with Gasteiger partial charge < -0.3 is 26.2 Å². The zero-order valence-electron chi connectivity index (χ0n) is 25.0. The average molecular weight is 618 g/mol. The van der Waals surface area contributed by atoms with Crippen molar-refractivity contribution in [2.45, 2.75) is 69.6 Å². The fourth-order valence-corrected chi connectivity index (χ4v) is 6.72. The zero-order chi connectivity index (χ0) is 31.9. The van der Waals surface area contributed by atoms with Gasteiger partial charge in [0.1, 0.15) is 17.3 Å². The van der Waals surface area contributed by atoms with Gasteiger partial charge in [-0.3, -0.25) is 19.1 Å². The maximum Gasteiger partial charge on any atom is 0.397 e. The van der Waals surface area contributed by atoms with E-state index >= 15 is 0 Å². The monoisotopic (exact) mass is 617 g/mol. The minimum atomic E-state index is -4.60. The lowest BCUT2D eigenvalue weighted by Crippen LogP contribution is -2.70. The highest BCUT2D eigenvalue weighted by Gasteiger charge is 2.60. The van der Waals surface area contributed by atoms with Crippen molar-refractivity contribution in [3.8, 4) is 0 Å². The van der Waals surface area contributed by atoms with Gasteiger partial charge in [0.15, 0.2) is 0 Å². The first-order chi connectivity index (χ1) is 20.8. The third-order valence-corrected chi connectivity index (χ3v) is 9.42. The summed E-state index contributed by atoms with van der Waals surface area (Å²) in [5.41, 5.74) is -1.77. The largest absolute Gasteiger partial charge is 0.397 e. The standard InChI is InChI=1S/C30H38F3N7O4/c1-28(30(31,32)33)16-35-27(44)40(17-28)29(26(43)34-2)14-19-9-10-21(13-20(19)15-29)37-25(42)23(18-7-5-4-6-8-18)38-24(41)22-11-12-36-39(22)3/h9-13,18,23H,4-8,14-17H2,1-3H3,(H,34,43)(H,35,44)(H,37,42)(H,38,41)/t23-,28?,29?/m0/s1. The summed E-state index contributed by atoms with van der Waals surface area (Å²) >= 11 is 0. The van der Waals surface area contributed by atoms with Crippen molar-refractivity contribution >= 4 is 29.4 Å². The summed E-state index contributed by atoms with van der Waals surface area (Å²) in [5.74, 6) is -1.43. The Morgan fingerprint density at radius 2 is 1.80 bits per heavy atom. The zero-order valence-corrected chi connectivity index (χ0v) is 25.0. The molecular weight excluding hydrogens is 579 g/mol. The Kier molecular flexibility index (Phi) is 8.38. The van der Waals surface area contributed by atoms with Crippen LogP contribution >= 0.6 is 0 Å². The number of aryl methyl sites for hydroxylation is 1. The van der Waals surface area contributed by atoms with Gasteiger partial charge in [0.2, 0.25) is 11.8 Å². The van der Waals surface area contributed by atoms with Crippen LogP contribution in [-0.4, -0.2) is 76.3 Å². The van der Waals surface area contributed by atoms with Crippen molar-refractivity contribution in [3.05, 3.63) is 47.3 Å². The fraction of sp³-hybridized carbons (Fsp3) is 0.567. The molecule has 1 saturated heterocycles. The number of anilines is 1. The van der Waals surface area contributed by atoms with Gasteiger partial charge in [0, 0.05) is 51.9 Å². The van der Waals surface area contributed by atoms with E-state index in [0.717, 1.165) is 43.9 Å². The highest BCUT2D eigenvalue weighted by molar-refractivity contribution is 6.01. The summed E-state index contributed by atoms with van der Waals surface area (Å²) in [7, 11) is 3.03. The van der Waals surface area contributed by atoms with E-state index in [1.165, 1.54) is 17.9 Å². The van der Waals surface area contributed by atoms with E-state index in [0.29, 0.717) is 22.5 Å². The molecule has 14 heteroatoms. The van der Waals surface area contributed by atoms with E-state index in [2.05, 4.69) is 26.4 Å². The van der Waals surface area contributed by atoms with E-state index in [1.54, 1.807) is 31.3 Å². The second kappa shape index (κ2) is 11.8. The number of carbonyl (C=O) groups excluding carboxylic acids is 4. The summed E-state index contributed by atoms with van der Waals surface area (Å²) in [4.78, 5) is 54.0. The molecule has 1 aromatic carbocycles. The molecule has 0 spiro atoms. The molecule has 4 N–H and O–H groups in total. The molecule has 1 aromatic heterocycles. The highest BCUT2D eigenvalue weighted by Crippen LogP contribution is 2.44. The molecule has 238 valence electrons. The molecule has 5 amide bonds. The topological polar surface area (TPSA) is 137 Å². The summed E-state index contributed by atoms with van der Waals surface area (Å²) in [5, 5.41) is 14.7. The summed E-state index contributed by atoms with van der Waals surface area (Å²) in [6, 6.07) is 5.09. The second-order valence-corrected chi connectivity index (χ2v) is 12.4. The Morgan fingerprint density at radius 3 is 2.43 bits per heavy atom. The van der Waals surface area contributed by atoms with Crippen LogP contribution in [0.4, 0.5) is 23.7 Å². The first-order valence-electron chi connectivity index (χ1n) is 14.8.